The van der Waals surface area contributed by atoms with E-state index in [0.29, 0.717) is 18.9 Å². The number of nitrogens with two attached hydrogens (primary N) is 1. The summed E-state index contributed by atoms with van der Waals surface area (Å²) in [7, 11) is 1.88. The molecule has 106 valence electrons. The fraction of sp³-hybridized carbons (Fsp3) is 0.929. The summed E-state index contributed by atoms with van der Waals surface area (Å²) in [5.74, 6) is 1.40. The molecular weight excluding hydrogens is 228 g/mol. The van der Waals surface area contributed by atoms with E-state index < -0.39 is 0 Å². The average molecular weight is 256 g/mol. The van der Waals surface area contributed by atoms with Crippen molar-refractivity contribution in [2.75, 3.05) is 33.4 Å². The fourth-order valence-electron chi connectivity index (χ4n) is 2.41. The number of nitrogens with zero attached hydrogens (tertiary/aromatic N) is 1. The molecule has 1 heterocycles. The lowest BCUT2D eigenvalue weighted by atomic mass is 9.94. The van der Waals surface area contributed by atoms with Gasteiger partial charge in [0.15, 0.2) is 0 Å². The Morgan fingerprint density at radius 1 is 1.44 bits per heavy atom. The van der Waals surface area contributed by atoms with E-state index in [9.17, 15) is 4.79 Å². The van der Waals surface area contributed by atoms with Crippen LogP contribution in [-0.4, -0.2) is 44.2 Å². The van der Waals surface area contributed by atoms with Gasteiger partial charge in [-0.05, 0) is 44.1 Å². The summed E-state index contributed by atoms with van der Waals surface area (Å²) in [4.78, 5) is 13.7. The molecule has 2 N–H and O–H groups in total. The Hall–Kier alpha value is -0.610. The Morgan fingerprint density at radius 2 is 2.11 bits per heavy atom. The second kappa shape index (κ2) is 8.48. The van der Waals surface area contributed by atoms with E-state index in [1.54, 1.807) is 0 Å². The van der Waals surface area contributed by atoms with E-state index in [1.807, 2.05) is 11.9 Å². The molecule has 1 fully saturated rings. The van der Waals surface area contributed by atoms with Crippen molar-refractivity contribution in [3.05, 3.63) is 0 Å². The van der Waals surface area contributed by atoms with E-state index >= 15 is 0 Å². The van der Waals surface area contributed by atoms with Gasteiger partial charge in [-0.1, -0.05) is 6.92 Å². The Labute approximate surface area is 111 Å². The fourth-order valence-corrected chi connectivity index (χ4v) is 2.41. The SMILES string of the molecule is CC(CN)CN(C)C(=O)CCCC1CCOCC1. The first-order valence-corrected chi connectivity index (χ1v) is 7.15. The minimum absolute atomic E-state index is 0.252. The van der Waals surface area contributed by atoms with Crippen LogP contribution in [-0.2, 0) is 9.53 Å². The molecule has 1 rings (SSSR count). The van der Waals surface area contributed by atoms with Crippen LogP contribution in [0.5, 0.6) is 0 Å². The number of carbonyl (C=O) groups is 1. The largest absolute Gasteiger partial charge is 0.381 e. The van der Waals surface area contributed by atoms with E-state index in [0.717, 1.165) is 51.4 Å². The van der Waals surface area contributed by atoms with Gasteiger partial charge in [-0.3, -0.25) is 4.79 Å². The van der Waals surface area contributed by atoms with Crippen LogP contribution in [0.2, 0.25) is 0 Å². The van der Waals surface area contributed by atoms with Crippen molar-refractivity contribution in [2.45, 2.75) is 39.0 Å². The van der Waals surface area contributed by atoms with Crippen LogP contribution in [0.1, 0.15) is 39.0 Å². The van der Waals surface area contributed by atoms with Gasteiger partial charge in [0.1, 0.15) is 0 Å². The molecule has 1 saturated heterocycles. The predicted octanol–water partition coefficient (Wildman–Crippen LogP) is 1.64. The smallest absolute Gasteiger partial charge is 0.222 e. The number of carbonyl (C=O) groups excluding carboxylic acids is 1. The van der Waals surface area contributed by atoms with Crippen LogP contribution in [0, 0.1) is 11.8 Å². The predicted molar refractivity (Wildman–Crippen MR) is 73.2 cm³/mol. The third kappa shape index (κ3) is 5.83. The molecule has 0 radical (unpaired) electrons. The molecular formula is C14H28N2O2. The minimum Gasteiger partial charge on any atom is -0.381 e. The zero-order chi connectivity index (χ0) is 13.4. The quantitative estimate of drug-likeness (QED) is 0.753. The van der Waals surface area contributed by atoms with Gasteiger partial charge < -0.3 is 15.4 Å². The molecule has 1 aliphatic rings. The van der Waals surface area contributed by atoms with Gasteiger partial charge in [0.2, 0.25) is 5.91 Å². The molecule has 1 amide bonds. The Bertz CT molecular complexity index is 240. The molecule has 0 aromatic carbocycles. The lowest BCUT2D eigenvalue weighted by Crippen LogP contribution is -2.33. The first-order valence-electron chi connectivity index (χ1n) is 7.15. The molecule has 1 atom stereocenters. The Kier molecular flexibility index (Phi) is 7.28. The van der Waals surface area contributed by atoms with Crippen molar-refractivity contribution < 1.29 is 9.53 Å². The van der Waals surface area contributed by atoms with Crippen molar-refractivity contribution >= 4 is 5.91 Å². The highest BCUT2D eigenvalue weighted by molar-refractivity contribution is 5.75. The molecule has 18 heavy (non-hydrogen) atoms. The molecule has 0 aromatic heterocycles. The van der Waals surface area contributed by atoms with Crippen molar-refractivity contribution in [2.24, 2.45) is 17.6 Å². The highest BCUT2D eigenvalue weighted by atomic mass is 16.5. The van der Waals surface area contributed by atoms with E-state index in [2.05, 4.69) is 6.92 Å². The minimum atomic E-state index is 0.252. The lowest BCUT2D eigenvalue weighted by Gasteiger charge is -2.23. The molecule has 0 spiro atoms. The van der Waals surface area contributed by atoms with Crippen molar-refractivity contribution in [1.29, 1.82) is 0 Å². The van der Waals surface area contributed by atoms with Crippen LogP contribution in [0.4, 0.5) is 0 Å². The molecule has 1 aliphatic heterocycles. The second-order valence-electron chi connectivity index (χ2n) is 5.56. The van der Waals surface area contributed by atoms with Crippen LogP contribution >= 0.6 is 0 Å². The third-order valence-corrected chi connectivity index (χ3v) is 3.76. The molecule has 0 saturated carbocycles. The topological polar surface area (TPSA) is 55.6 Å². The van der Waals surface area contributed by atoms with Crippen molar-refractivity contribution in [1.82, 2.24) is 4.90 Å². The van der Waals surface area contributed by atoms with Gasteiger partial charge in [0.25, 0.3) is 0 Å². The van der Waals surface area contributed by atoms with Crippen molar-refractivity contribution in [3.8, 4) is 0 Å². The number of hydrogen-bond acceptors (Lipinski definition) is 3. The van der Waals surface area contributed by atoms with E-state index in [1.165, 1.54) is 0 Å². The molecule has 0 aliphatic carbocycles. The molecule has 1 unspecified atom stereocenters. The maximum atomic E-state index is 11.9. The third-order valence-electron chi connectivity index (χ3n) is 3.76. The summed E-state index contributed by atoms with van der Waals surface area (Å²) in [6.07, 6.45) is 5.16. The van der Waals surface area contributed by atoms with Gasteiger partial charge >= 0.3 is 0 Å². The molecule has 0 bridgehead atoms. The maximum absolute atomic E-state index is 11.9. The van der Waals surface area contributed by atoms with Crippen LogP contribution in [0.15, 0.2) is 0 Å². The number of amides is 1. The summed E-state index contributed by atoms with van der Waals surface area (Å²) >= 11 is 0. The van der Waals surface area contributed by atoms with Gasteiger partial charge in [0.05, 0.1) is 0 Å². The Morgan fingerprint density at radius 3 is 2.72 bits per heavy atom. The van der Waals surface area contributed by atoms with Gasteiger partial charge in [-0.25, -0.2) is 0 Å². The number of rotatable bonds is 7. The highest BCUT2D eigenvalue weighted by Gasteiger charge is 2.15. The summed E-state index contributed by atoms with van der Waals surface area (Å²) in [6.45, 7) is 5.27. The average Bonchev–Trinajstić information content (AvgIpc) is 2.39. The van der Waals surface area contributed by atoms with Gasteiger partial charge in [-0.2, -0.15) is 0 Å². The van der Waals surface area contributed by atoms with Crippen LogP contribution in [0.25, 0.3) is 0 Å². The van der Waals surface area contributed by atoms with Gasteiger partial charge in [-0.15, -0.1) is 0 Å². The lowest BCUT2D eigenvalue weighted by molar-refractivity contribution is -0.130. The summed E-state index contributed by atoms with van der Waals surface area (Å²) < 4.78 is 5.33. The standard InChI is InChI=1S/C14H28N2O2/c1-12(10-15)11-16(2)14(17)5-3-4-13-6-8-18-9-7-13/h12-13H,3-11,15H2,1-2H3. The first kappa shape index (κ1) is 15.4. The summed E-state index contributed by atoms with van der Waals surface area (Å²) in [5, 5.41) is 0. The number of ether oxygens (including phenoxy) is 1. The zero-order valence-electron chi connectivity index (χ0n) is 11.9. The van der Waals surface area contributed by atoms with Gasteiger partial charge in [0, 0.05) is 33.2 Å². The van der Waals surface area contributed by atoms with E-state index in [4.69, 9.17) is 10.5 Å². The summed E-state index contributed by atoms with van der Waals surface area (Å²) in [6, 6.07) is 0. The molecule has 4 heteroatoms. The monoisotopic (exact) mass is 256 g/mol. The zero-order valence-corrected chi connectivity index (χ0v) is 11.9. The van der Waals surface area contributed by atoms with Crippen molar-refractivity contribution in [3.63, 3.8) is 0 Å². The number of hydrogen-bond donors (Lipinski definition) is 1. The molecule has 4 nitrogen and oxygen atoms in total. The Balaban J connectivity index is 2.11. The van der Waals surface area contributed by atoms with Crippen LogP contribution < -0.4 is 5.73 Å². The van der Waals surface area contributed by atoms with Crippen LogP contribution in [0.3, 0.4) is 0 Å². The summed E-state index contributed by atoms with van der Waals surface area (Å²) in [5.41, 5.74) is 5.57. The first-order chi connectivity index (χ1) is 8.63. The molecule has 0 aromatic rings. The highest BCUT2D eigenvalue weighted by Crippen LogP contribution is 2.20. The normalized spacial score (nSPS) is 18.6. The van der Waals surface area contributed by atoms with E-state index in [-0.39, 0.29) is 5.91 Å². The maximum Gasteiger partial charge on any atom is 0.222 e. The second-order valence-corrected chi connectivity index (χ2v) is 5.56.